The molecule has 1 fully saturated rings. The third-order valence-electron chi connectivity index (χ3n) is 4.01. The maximum absolute atomic E-state index is 6.11. The second-order valence-corrected chi connectivity index (χ2v) is 7.03. The molecule has 0 aliphatic carbocycles. The highest BCUT2D eigenvalue weighted by molar-refractivity contribution is 14.1. The average Bonchev–Trinajstić information content (AvgIpc) is 3.04. The molecule has 1 aliphatic rings. The number of benzene rings is 1. The lowest BCUT2D eigenvalue weighted by Crippen LogP contribution is -2.27. The molecule has 0 amide bonds. The van der Waals surface area contributed by atoms with Gasteiger partial charge in [-0.2, -0.15) is 0 Å². The van der Waals surface area contributed by atoms with Crippen LogP contribution < -0.4 is 0 Å². The molecule has 2 aromatic rings. The van der Waals surface area contributed by atoms with Crippen LogP contribution in [0.5, 0.6) is 0 Å². The molecule has 3 rings (SSSR count). The van der Waals surface area contributed by atoms with E-state index in [1.54, 1.807) is 0 Å². The molecule has 2 heterocycles. The van der Waals surface area contributed by atoms with Crippen LogP contribution in [-0.4, -0.2) is 34.1 Å². The molecule has 108 valence electrons. The van der Waals surface area contributed by atoms with Crippen LogP contribution in [0.25, 0.3) is 11.0 Å². The zero-order valence-corrected chi connectivity index (χ0v) is 14.6. The molecule has 1 aromatic carbocycles. The molecule has 5 heteroatoms. The second kappa shape index (κ2) is 6.20. The van der Waals surface area contributed by atoms with Crippen molar-refractivity contribution in [3.05, 3.63) is 27.6 Å². The molecule has 1 unspecified atom stereocenters. The van der Waals surface area contributed by atoms with Crippen LogP contribution in [-0.2, 0) is 5.88 Å². The summed E-state index contributed by atoms with van der Waals surface area (Å²) in [5.74, 6) is 1.45. The number of hydrogen-bond donors (Lipinski definition) is 0. The van der Waals surface area contributed by atoms with Gasteiger partial charge in [0.15, 0.2) is 0 Å². The fourth-order valence-electron chi connectivity index (χ4n) is 3.13. The van der Waals surface area contributed by atoms with Crippen molar-refractivity contribution in [2.24, 2.45) is 0 Å². The van der Waals surface area contributed by atoms with E-state index in [0.717, 1.165) is 17.9 Å². The van der Waals surface area contributed by atoms with Crippen LogP contribution in [0.4, 0.5) is 0 Å². The summed E-state index contributed by atoms with van der Waals surface area (Å²) in [6, 6.07) is 6.85. The Hall–Kier alpha value is -0.330. The number of rotatable bonds is 4. The number of halogens is 2. The first-order chi connectivity index (χ1) is 9.69. The van der Waals surface area contributed by atoms with Crippen LogP contribution in [0, 0.1) is 3.57 Å². The first-order valence-corrected chi connectivity index (χ1v) is 8.75. The van der Waals surface area contributed by atoms with E-state index in [1.807, 2.05) is 0 Å². The lowest BCUT2D eigenvalue weighted by Gasteiger charge is -2.23. The van der Waals surface area contributed by atoms with Gasteiger partial charge in [0.2, 0.25) is 0 Å². The minimum atomic E-state index is 0.409. The molecule has 1 atom stereocenters. The van der Waals surface area contributed by atoms with Crippen LogP contribution in [0.2, 0.25) is 0 Å². The molecule has 1 aliphatic heterocycles. The summed E-state index contributed by atoms with van der Waals surface area (Å²) < 4.78 is 3.53. The number of nitrogens with zero attached hydrogens (tertiary/aromatic N) is 3. The summed E-state index contributed by atoms with van der Waals surface area (Å²) in [4.78, 5) is 7.24. The Morgan fingerprint density at radius 2 is 2.10 bits per heavy atom. The van der Waals surface area contributed by atoms with Crippen molar-refractivity contribution in [1.82, 2.24) is 14.5 Å². The van der Waals surface area contributed by atoms with E-state index < -0.39 is 0 Å². The Morgan fingerprint density at radius 3 is 2.80 bits per heavy atom. The summed E-state index contributed by atoms with van der Waals surface area (Å²) in [6.07, 6.45) is 2.66. The van der Waals surface area contributed by atoms with E-state index in [2.05, 4.69) is 57.2 Å². The predicted molar refractivity (Wildman–Crippen MR) is 92.4 cm³/mol. The molecule has 1 aromatic heterocycles. The maximum atomic E-state index is 6.11. The molecular formula is C15H19ClIN3. The first-order valence-electron chi connectivity index (χ1n) is 7.13. The average molecular weight is 404 g/mol. The van der Waals surface area contributed by atoms with Gasteiger partial charge in [-0.1, -0.05) is 0 Å². The minimum Gasteiger partial charge on any atom is -0.323 e. The number of likely N-dealkylation sites (tertiary alicyclic amines) is 1. The summed E-state index contributed by atoms with van der Waals surface area (Å²) in [7, 11) is 0. The highest BCUT2D eigenvalue weighted by Gasteiger charge is 2.19. The smallest absolute Gasteiger partial charge is 0.125 e. The zero-order valence-electron chi connectivity index (χ0n) is 11.6. The quantitative estimate of drug-likeness (QED) is 0.567. The van der Waals surface area contributed by atoms with Crippen LogP contribution >= 0.6 is 34.2 Å². The topological polar surface area (TPSA) is 21.1 Å². The van der Waals surface area contributed by atoms with Crippen LogP contribution in [0.3, 0.4) is 0 Å². The zero-order chi connectivity index (χ0) is 14.1. The van der Waals surface area contributed by atoms with Gasteiger partial charge < -0.3 is 9.47 Å². The van der Waals surface area contributed by atoms with Crippen molar-refractivity contribution < 1.29 is 0 Å². The van der Waals surface area contributed by atoms with E-state index >= 15 is 0 Å². The molecule has 0 radical (unpaired) electrons. The van der Waals surface area contributed by atoms with E-state index in [0.29, 0.717) is 11.9 Å². The largest absolute Gasteiger partial charge is 0.323 e. The van der Waals surface area contributed by atoms with Gasteiger partial charge >= 0.3 is 0 Å². The van der Waals surface area contributed by atoms with E-state index in [4.69, 9.17) is 16.6 Å². The molecule has 1 saturated heterocycles. The highest BCUT2D eigenvalue weighted by Crippen LogP contribution is 2.25. The van der Waals surface area contributed by atoms with Gasteiger partial charge in [-0.25, -0.2) is 4.98 Å². The predicted octanol–water partition coefficient (Wildman–Crippen LogP) is 4.04. The third kappa shape index (κ3) is 2.83. The van der Waals surface area contributed by atoms with Crippen molar-refractivity contribution in [1.29, 1.82) is 0 Å². The van der Waals surface area contributed by atoms with Gasteiger partial charge in [-0.05, 0) is 73.6 Å². The lowest BCUT2D eigenvalue weighted by molar-refractivity contribution is 0.288. The highest BCUT2D eigenvalue weighted by atomic mass is 127. The Bertz CT molecular complexity index is 604. The minimum absolute atomic E-state index is 0.409. The summed E-state index contributed by atoms with van der Waals surface area (Å²) >= 11 is 8.43. The van der Waals surface area contributed by atoms with Crippen molar-refractivity contribution in [3.63, 3.8) is 0 Å². The molecule has 0 N–H and O–H groups in total. The second-order valence-electron chi connectivity index (χ2n) is 5.52. The fourth-order valence-corrected chi connectivity index (χ4v) is 3.79. The lowest BCUT2D eigenvalue weighted by atomic mass is 10.2. The van der Waals surface area contributed by atoms with Crippen molar-refractivity contribution in [3.8, 4) is 0 Å². The Balaban J connectivity index is 1.95. The number of imidazole rings is 1. The normalized spacial score (nSPS) is 17.9. The molecule has 0 saturated carbocycles. The van der Waals surface area contributed by atoms with Gasteiger partial charge in [-0.3, -0.25) is 0 Å². The summed E-state index contributed by atoms with van der Waals surface area (Å²) in [6.45, 7) is 5.81. The first kappa shape index (κ1) is 14.6. The number of aromatic nitrogens is 2. The van der Waals surface area contributed by atoms with Gasteiger partial charge in [-0.15, -0.1) is 11.6 Å². The Labute approximate surface area is 138 Å². The Morgan fingerprint density at radius 1 is 1.35 bits per heavy atom. The fraction of sp³-hybridized carbons (Fsp3) is 0.533. The van der Waals surface area contributed by atoms with Crippen molar-refractivity contribution in [2.75, 3.05) is 19.6 Å². The monoisotopic (exact) mass is 403 g/mol. The molecule has 0 spiro atoms. The van der Waals surface area contributed by atoms with Crippen molar-refractivity contribution in [2.45, 2.75) is 31.7 Å². The summed E-state index contributed by atoms with van der Waals surface area (Å²) in [5, 5.41) is 0. The van der Waals surface area contributed by atoms with E-state index in [9.17, 15) is 0 Å². The van der Waals surface area contributed by atoms with Gasteiger partial charge in [0.25, 0.3) is 0 Å². The van der Waals surface area contributed by atoms with Gasteiger partial charge in [0, 0.05) is 16.2 Å². The van der Waals surface area contributed by atoms with Crippen LogP contribution in [0.15, 0.2) is 18.2 Å². The Kier molecular flexibility index (Phi) is 4.52. The molecule has 0 bridgehead atoms. The standard InChI is InChI=1S/C15H19ClIN3/c1-11(10-19-6-2-3-7-19)20-14-5-4-12(17)8-13(14)18-15(20)9-16/h4-5,8,11H,2-3,6-7,9-10H2,1H3. The number of hydrogen-bond acceptors (Lipinski definition) is 2. The molecule has 3 nitrogen and oxygen atoms in total. The van der Waals surface area contributed by atoms with Crippen molar-refractivity contribution >= 4 is 45.2 Å². The number of fused-ring (bicyclic) bond motifs is 1. The van der Waals surface area contributed by atoms with Gasteiger partial charge in [0.05, 0.1) is 16.9 Å². The molecule has 20 heavy (non-hydrogen) atoms. The van der Waals surface area contributed by atoms with E-state index in [-0.39, 0.29) is 0 Å². The van der Waals surface area contributed by atoms with E-state index in [1.165, 1.54) is 35.0 Å². The summed E-state index contributed by atoms with van der Waals surface area (Å²) in [5.41, 5.74) is 2.26. The maximum Gasteiger partial charge on any atom is 0.125 e. The third-order valence-corrected chi connectivity index (χ3v) is 4.92. The van der Waals surface area contributed by atoms with Crippen LogP contribution in [0.1, 0.15) is 31.6 Å². The SMILES string of the molecule is CC(CN1CCCC1)n1c(CCl)nc2cc(I)ccc21. The van der Waals surface area contributed by atoms with Gasteiger partial charge in [0.1, 0.15) is 5.82 Å². The molecular weight excluding hydrogens is 385 g/mol. The number of alkyl halides is 1.